The molecule has 0 spiro atoms. The van der Waals surface area contributed by atoms with Crippen LogP contribution in [0.5, 0.6) is 0 Å². The van der Waals surface area contributed by atoms with E-state index in [1.165, 1.54) is 6.07 Å². The first-order valence-corrected chi connectivity index (χ1v) is 6.98. The third kappa shape index (κ3) is 3.18. The van der Waals surface area contributed by atoms with Crippen LogP contribution in [0.15, 0.2) is 12.1 Å². The quantitative estimate of drug-likeness (QED) is 0.682. The number of anilines is 2. The van der Waals surface area contributed by atoms with Crippen molar-refractivity contribution >= 4 is 34.6 Å². The Morgan fingerprint density at radius 3 is 2.43 bits per heavy atom. The van der Waals surface area contributed by atoms with E-state index in [0.717, 1.165) is 5.69 Å². The van der Waals surface area contributed by atoms with Crippen LogP contribution in [0, 0.1) is 10.1 Å². The predicted molar refractivity (Wildman–Crippen MR) is 82.1 cm³/mol. The van der Waals surface area contributed by atoms with Gasteiger partial charge in [-0.15, -0.1) is 0 Å². The predicted octanol–water partition coefficient (Wildman–Crippen LogP) is 1.96. The smallest absolute Gasteiger partial charge is 0.293 e. The molecule has 8 heteroatoms. The van der Waals surface area contributed by atoms with Gasteiger partial charge in [0.2, 0.25) is 5.91 Å². The zero-order valence-electron chi connectivity index (χ0n) is 11.9. The van der Waals surface area contributed by atoms with Gasteiger partial charge in [-0.3, -0.25) is 14.9 Å². The van der Waals surface area contributed by atoms with Crippen molar-refractivity contribution in [2.24, 2.45) is 0 Å². The fourth-order valence-corrected chi connectivity index (χ4v) is 2.68. The molecule has 1 aliphatic rings. The highest BCUT2D eigenvalue weighted by molar-refractivity contribution is 6.33. The second-order valence-electron chi connectivity index (χ2n) is 4.82. The minimum Gasteiger partial charge on any atom is -0.383 e. The first kappa shape index (κ1) is 15.4. The average molecular weight is 313 g/mol. The van der Waals surface area contributed by atoms with Crippen LogP contribution < -0.4 is 10.2 Å². The van der Waals surface area contributed by atoms with Gasteiger partial charge in [-0.25, -0.2) is 0 Å². The Kier molecular flexibility index (Phi) is 4.52. The second kappa shape index (κ2) is 6.17. The SMILES string of the molecule is CNc1cc(N2CCN(C(C)=O)CC2)c(Cl)cc1[N+](=O)[O-]. The van der Waals surface area contributed by atoms with Gasteiger partial charge in [-0.1, -0.05) is 11.6 Å². The Hall–Kier alpha value is -2.02. The number of carbonyl (C=O) groups is 1. The highest BCUT2D eigenvalue weighted by Crippen LogP contribution is 2.36. The number of rotatable bonds is 3. The summed E-state index contributed by atoms with van der Waals surface area (Å²) in [7, 11) is 1.63. The van der Waals surface area contributed by atoms with Crippen LogP contribution in [0.3, 0.4) is 0 Å². The van der Waals surface area contributed by atoms with Crippen molar-refractivity contribution in [3.8, 4) is 0 Å². The monoisotopic (exact) mass is 312 g/mol. The number of benzene rings is 1. The summed E-state index contributed by atoms with van der Waals surface area (Å²) < 4.78 is 0. The van der Waals surface area contributed by atoms with Crippen molar-refractivity contribution in [2.45, 2.75) is 6.92 Å². The van der Waals surface area contributed by atoms with Gasteiger partial charge < -0.3 is 15.1 Å². The molecular formula is C13H17ClN4O3. The number of hydrogen-bond acceptors (Lipinski definition) is 5. The summed E-state index contributed by atoms with van der Waals surface area (Å²) in [5.41, 5.74) is 1.12. The van der Waals surface area contributed by atoms with Gasteiger partial charge in [0.1, 0.15) is 5.69 Å². The molecule has 114 valence electrons. The van der Waals surface area contributed by atoms with E-state index in [9.17, 15) is 14.9 Å². The summed E-state index contributed by atoms with van der Waals surface area (Å²) in [5, 5.41) is 14.2. The average Bonchev–Trinajstić information content (AvgIpc) is 2.47. The number of nitro groups is 1. The molecule has 0 aliphatic carbocycles. The minimum absolute atomic E-state index is 0.0476. The Bertz CT molecular complexity index is 571. The standard InChI is InChI=1S/C13H17ClN4O3/c1-9(19)16-3-5-17(6-4-16)12-8-11(15-2)13(18(20)21)7-10(12)14/h7-8,15H,3-6H2,1-2H3. The molecular weight excluding hydrogens is 296 g/mol. The van der Waals surface area contributed by atoms with Crippen LogP contribution in [0.2, 0.25) is 5.02 Å². The van der Waals surface area contributed by atoms with Crippen LogP contribution in [-0.2, 0) is 4.79 Å². The normalized spacial score (nSPS) is 15.0. The van der Waals surface area contributed by atoms with Gasteiger partial charge in [0.15, 0.2) is 0 Å². The van der Waals surface area contributed by atoms with Crippen molar-refractivity contribution in [1.29, 1.82) is 0 Å². The summed E-state index contributed by atoms with van der Waals surface area (Å²) in [4.78, 5) is 25.7. The first-order valence-electron chi connectivity index (χ1n) is 6.60. The molecule has 1 aromatic carbocycles. The summed E-state index contributed by atoms with van der Waals surface area (Å²) in [6, 6.07) is 3.05. The van der Waals surface area contributed by atoms with E-state index in [-0.39, 0.29) is 11.6 Å². The van der Waals surface area contributed by atoms with Crippen molar-refractivity contribution in [1.82, 2.24) is 4.90 Å². The maximum atomic E-state index is 11.3. The molecule has 1 fully saturated rings. The third-order valence-corrected chi connectivity index (χ3v) is 3.90. The summed E-state index contributed by atoms with van der Waals surface area (Å²) in [5.74, 6) is 0.0559. The molecule has 1 aliphatic heterocycles. The van der Waals surface area contributed by atoms with Crippen molar-refractivity contribution in [2.75, 3.05) is 43.4 Å². The molecule has 0 unspecified atom stereocenters. The molecule has 0 aromatic heterocycles. The Balaban J connectivity index is 2.25. The van der Waals surface area contributed by atoms with Crippen LogP contribution >= 0.6 is 11.6 Å². The van der Waals surface area contributed by atoms with Crippen LogP contribution in [0.1, 0.15) is 6.92 Å². The van der Waals surface area contributed by atoms with E-state index >= 15 is 0 Å². The summed E-state index contributed by atoms with van der Waals surface area (Å²) in [6.07, 6.45) is 0. The van der Waals surface area contributed by atoms with Gasteiger partial charge in [0.05, 0.1) is 15.6 Å². The van der Waals surface area contributed by atoms with E-state index in [4.69, 9.17) is 11.6 Å². The lowest BCUT2D eigenvalue weighted by Crippen LogP contribution is -2.48. The molecule has 1 saturated heterocycles. The van der Waals surface area contributed by atoms with E-state index in [1.807, 2.05) is 4.90 Å². The zero-order valence-corrected chi connectivity index (χ0v) is 12.7. The number of nitrogens with zero attached hydrogens (tertiary/aromatic N) is 3. The molecule has 0 saturated carbocycles. The van der Waals surface area contributed by atoms with Gasteiger partial charge in [-0.05, 0) is 6.07 Å². The van der Waals surface area contributed by atoms with Crippen molar-refractivity contribution in [3.63, 3.8) is 0 Å². The molecule has 1 N–H and O–H groups in total. The Morgan fingerprint density at radius 1 is 1.33 bits per heavy atom. The third-order valence-electron chi connectivity index (χ3n) is 3.60. The molecule has 1 aromatic rings. The maximum absolute atomic E-state index is 11.3. The molecule has 1 amide bonds. The molecule has 21 heavy (non-hydrogen) atoms. The molecule has 1 heterocycles. The molecule has 0 atom stereocenters. The van der Waals surface area contributed by atoms with E-state index < -0.39 is 4.92 Å². The number of hydrogen-bond donors (Lipinski definition) is 1. The van der Waals surface area contributed by atoms with E-state index in [2.05, 4.69) is 5.32 Å². The molecule has 7 nitrogen and oxygen atoms in total. The lowest BCUT2D eigenvalue weighted by atomic mass is 10.2. The van der Waals surface area contributed by atoms with E-state index in [0.29, 0.717) is 36.9 Å². The van der Waals surface area contributed by atoms with Gasteiger partial charge in [0.25, 0.3) is 5.69 Å². The zero-order chi connectivity index (χ0) is 15.6. The van der Waals surface area contributed by atoms with Crippen LogP contribution in [0.4, 0.5) is 17.1 Å². The van der Waals surface area contributed by atoms with E-state index in [1.54, 1.807) is 24.9 Å². The maximum Gasteiger partial charge on any atom is 0.293 e. The molecule has 0 radical (unpaired) electrons. The number of nitro benzene ring substituents is 1. The van der Waals surface area contributed by atoms with Gasteiger partial charge in [-0.2, -0.15) is 0 Å². The highest BCUT2D eigenvalue weighted by Gasteiger charge is 2.23. The fraction of sp³-hybridized carbons (Fsp3) is 0.462. The fourth-order valence-electron chi connectivity index (χ4n) is 2.41. The largest absolute Gasteiger partial charge is 0.383 e. The lowest BCUT2D eigenvalue weighted by Gasteiger charge is -2.36. The van der Waals surface area contributed by atoms with Gasteiger partial charge in [0, 0.05) is 46.2 Å². The number of amides is 1. The molecule has 2 rings (SSSR count). The molecule has 0 bridgehead atoms. The summed E-state index contributed by atoms with van der Waals surface area (Å²) in [6.45, 7) is 4.10. The summed E-state index contributed by atoms with van der Waals surface area (Å²) >= 11 is 6.18. The topological polar surface area (TPSA) is 78.7 Å². The number of carbonyl (C=O) groups excluding carboxylic acids is 1. The van der Waals surface area contributed by atoms with Crippen molar-refractivity contribution < 1.29 is 9.72 Å². The Labute approximate surface area is 127 Å². The van der Waals surface area contributed by atoms with Crippen LogP contribution in [-0.4, -0.2) is 49.0 Å². The lowest BCUT2D eigenvalue weighted by molar-refractivity contribution is -0.383. The minimum atomic E-state index is -0.463. The highest BCUT2D eigenvalue weighted by atomic mass is 35.5. The number of halogens is 1. The van der Waals surface area contributed by atoms with Gasteiger partial charge >= 0.3 is 0 Å². The second-order valence-corrected chi connectivity index (χ2v) is 5.23. The van der Waals surface area contributed by atoms with Crippen molar-refractivity contribution in [3.05, 3.63) is 27.3 Å². The van der Waals surface area contributed by atoms with Crippen LogP contribution in [0.25, 0.3) is 0 Å². The number of nitrogens with one attached hydrogen (secondary N) is 1. The number of piperazine rings is 1. The first-order chi connectivity index (χ1) is 9.93. The Morgan fingerprint density at radius 2 is 1.95 bits per heavy atom.